The molecule has 20 heavy (non-hydrogen) atoms. The number of hydrogen-bond acceptors (Lipinski definition) is 2. The highest BCUT2D eigenvalue weighted by molar-refractivity contribution is 5.82. The third kappa shape index (κ3) is 3.53. The Morgan fingerprint density at radius 2 is 1.90 bits per heavy atom. The van der Waals surface area contributed by atoms with Gasteiger partial charge in [-0.05, 0) is 37.3 Å². The zero-order valence-electron chi connectivity index (χ0n) is 12.8. The van der Waals surface area contributed by atoms with Gasteiger partial charge in [-0.2, -0.15) is 0 Å². The van der Waals surface area contributed by atoms with E-state index >= 15 is 0 Å². The first-order valence-corrected chi connectivity index (χ1v) is 7.86. The van der Waals surface area contributed by atoms with Gasteiger partial charge in [-0.1, -0.05) is 32.0 Å². The first-order valence-electron chi connectivity index (χ1n) is 7.86. The van der Waals surface area contributed by atoms with Crippen molar-refractivity contribution < 1.29 is 4.79 Å². The largest absolute Gasteiger partial charge is 0.362 e. The van der Waals surface area contributed by atoms with E-state index in [9.17, 15) is 4.79 Å². The highest BCUT2D eigenvalue weighted by atomic mass is 16.2. The van der Waals surface area contributed by atoms with Gasteiger partial charge in [0, 0.05) is 25.3 Å². The number of amides is 1. The summed E-state index contributed by atoms with van der Waals surface area (Å²) in [5, 5.41) is 0. The molecular weight excluding hydrogens is 248 g/mol. The molecule has 1 amide bonds. The number of carbonyl (C=O) groups is 1. The Labute approximate surface area is 122 Å². The average Bonchev–Trinajstić information content (AvgIpc) is 2.47. The topological polar surface area (TPSA) is 23.6 Å². The van der Waals surface area contributed by atoms with Crippen molar-refractivity contribution in [2.45, 2.75) is 39.5 Å². The summed E-state index contributed by atoms with van der Waals surface area (Å²) >= 11 is 0. The van der Waals surface area contributed by atoms with Gasteiger partial charge >= 0.3 is 0 Å². The number of hydrogen-bond donors (Lipinski definition) is 0. The minimum atomic E-state index is 0.269. The molecule has 0 bridgehead atoms. The molecule has 0 saturated heterocycles. The molecule has 1 aromatic rings. The van der Waals surface area contributed by atoms with Gasteiger partial charge < -0.3 is 9.80 Å². The van der Waals surface area contributed by atoms with E-state index in [0.717, 1.165) is 45.3 Å². The smallest absolute Gasteiger partial charge is 0.242 e. The molecule has 0 aromatic heterocycles. The van der Waals surface area contributed by atoms with Gasteiger partial charge in [0.15, 0.2) is 0 Å². The van der Waals surface area contributed by atoms with Gasteiger partial charge in [0.05, 0.1) is 6.54 Å². The van der Waals surface area contributed by atoms with E-state index in [4.69, 9.17) is 0 Å². The fourth-order valence-electron chi connectivity index (χ4n) is 2.94. The van der Waals surface area contributed by atoms with Gasteiger partial charge in [-0.3, -0.25) is 4.79 Å². The fourth-order valence-corrected chi connectivity index (χ4v) is 2.94. The second-order valence-electron chi connectivity index (χ2n) is 5.53. The number of anilines is 1. The van der Waals surface area contributed by atoms with Crippen molar-refractivity contribution in [3.05, 3.63) is 29.8 Å². The maximum absolute atomic E-state index is 12.5. The molecule has 0 saturated carbocycles. The summed E-state index contributed by atoms with van der Waals surface area (Å²) in [6.45, 7) is 7.54. The molecule has 0 fully saturated rings. The summed E-state index contributed by atoms with van der Waals surface area (Å²) in [6.07, 6.45) is 4.34. The molecule has 0 atom stereocenters. The van der Waals surface area contributed by atoms with Gasteiger partial charge in [0.1, 0.15) is 0 Å². The normalized spacial score (nSPS) is 14.0. The summed E-state index contributed by atoms with van der Waals surface area (Å²) in [5.74, 6) is 0.269. The molecule has 0 spiro atoms. The number of benzene rings is 1. The molecule has 0 N–H and O–H groups in total. The molecule has 3 heteroatoms. The number of para-hydroxylation sites is 1. The van der Waals surface area contributed by atoms with E-state index in [-0.39, 0.29) is 5.91 Å². The van der Waals surface area contributed by atoms with Crippen molar-refractivity contribution >= 4 is 11.6 Å². The fraction of sp³-hybridized carbons (Fsp3) is 0.588. The summed E-state index contributed by atoms with van der Waals surface area (Å²) in [5.41, 5.74) is 2.63. The van der Waals surface area contributed by atoms with Crippen LogP contribution < -0.4 is 4.90 Å². The van der Waals surface area contributed by atoms with Crippen molar-refractivity contribution in [2.75, 3.05) is 31.1 Å². The molecular formula is C17H26N2O. The van der Waals surface area contributed by atoms with E-state index in [2.05, 4.69) is 43.0 Å². The Kier molecular flexibility index (Phi) is 5.45. The van der Waals surface area contributed by atoms with Crippen molar-refractivity contribution in [3.63, 3.8) is 0 Å². The van der Waals surface area contributed by atoms with Crippen molar-refractivity contribution in [1.29, 1.82) is 0 Å². The van der Waals surface area contributed by atoms with Crippen LogP contribution in [0.1, 0.15) is 38.7 Å². The lowest BCUT2D eigenvalue weighted by Gasteiger charge is -2.32. The highest BCUT2D eigenvalue weighted by Gasteiger charge is 2.21. The maximum atomic E-state index is 12.5. The molecule has 3 nitrogen and oxygen atoms in total. The van der Waals surface area contributed by atoms with Gasteiger partial charge in [0.2, 0.25) is 5.91 Å². The predicted molar refractivity (Wildman–Crippen MR) is 84.1 cm³/mol. The van der Waals surface area contributed by atoms with Crippen molar-refractivity contribution in [1.82, 2.24) is 4.90 Å². The first-order chi connectivity index (χ1) is 9.76. The van der Waals surface area contributed by atoms with Gasteiger partial charge in [-0.15, -0.1) is 0 Å². The molecule has 1 aromatic carbocycles. The van der Waals surface area contributed by atoms with Crippen LogP contribution in [0.4, 0.5) is 5.69 Å². The average molecular weight is 274 g/mol. The zero-order chi connectivity index (χ0) is 14.4. The molecule has 0 radical (unpaired) electrons. The van der Waals surface area contributed by atoms with E-state index in [1.165, 1.54) is 11.3 Å². The van der Waals surface area contributed by atoms with Crippen LogP contribution in [-0.4, -0.2) is 37.0 Å². The first kappa shape index (κ1) is 14.9. The van der Waals surface area contributed by atoms with Crippen LogP contribution in [-0.2, 0) is 11.2 Å². The Morgan fingerprint density at radius 1 is 1.20 bits per heavy atom. The Balaban J connectivity index is 2.04. The van der Waals surface area contributed by atoms with Crippen LogP contribution in [0.5, 0.6) is 0 Å². The van der Waals surface area contributed by atoms with Gasteiger partial charge in [-0.25, -0.2) is 0 Å². The zero-order valence-corrected chi connectivity index (χ0v) is 12.8. The standard InChI is InChI=1S/C17H26N2O/c1-3-11-18(12-4-2)17(20)14-19-13-7-9-15-8-5-6-10-16(15)19/h5-6,8,10H,3-4,7,9,11-14H2,1-2H3. The lowest BCUT2D eigenvalue weighted by atomic mass is 10.0. The quantitative estimate of drug-likeness (QED) is 0.796. The van der Waals surface area contributed by atoms with Crippen molar-refractivity contribution in [3.8, 4) is 0 Å². The van der Waals surface area contributed by atoms with Crippen LogP contribution in [0.2, 0.25) is 0 Å². The molecule has 110 valence electrons. The lowest BCUT2D eigenvalue weighted by molar-refractivity contribution is -0.129. The van der Waals surface area contributed by atoms with E-state index in [1.54, 1.807) is 0 Å². The molecule has 2 rings (SSSR count). The van der Waals surface area contributed by atoms with Crippen LogP contribution in [0, 0.1) is 0 Å². The Bertz CT molecular complexity index is 438. The van der Waals surface area contributed by atoms with Crippen LogP contribution in [0.3, 0.4) is 0 Å². The van der Waals surface area contributed by atoms with Crippen LogP contribution in [0.15, 0.2) is 24.3 Å². The molecule has 0 unspecified atom stereocenters. The number of rotatable bonds is 6. The molecule has 1 aliphatic rings. The van der Waals surface area contributed by atoms with E-state index in [1.807, 2.05) is 4.90 Å². The minimum absolute atomic E-state index is 0.269. The second kappa shape index (κ2) is 7.32. The minimum Gasteiger partial charge on any atom is -0.362 e. The Morgan fingerprint density at radius 3 is 2.60 bits per heavy atom. The number of aryl methyl sites for hydroxylation is 1. The third-order valence-corrected chi connectivity index (χ3v) is 3.87. The summed E-state index contributed by atoms with van der Waals surface area (Å²) in [6, 6.07) is 8.48. The van der Waals surface area contributed by atoms with Gasteiger partial charge in [0.25, 0.3) is 0 Å². The molecule has 1 aliphatic heterocycles. The SMILES string of the molecule is CCCN(CCC)C(=O)CN1CCCc2ccccc21. The second-order valence-corrected chi connectivity index (χ2v) is 5.53. The number of fused-ring (bicyclic) bond motifs is 1. The summed E-state index contributed by atoms with van der Waals surface area (Å²) in [4.78, 5) is 16.7. The Hall–Kier alpha value is -1.51. The summed E-state index contributed by atoms with van der Waals surface area (Å²) in [7, 11) is 0. The highest BCUT2D eigenvalue weighted by Crippen LogP contribution is 2.26. The third-order valence-electron chi connectivity index (χ3n) is 3.87. The monoisotopic (exact) mass is 274 g/mol. The van der Waals surface area contributed by atoms with Crippen LogP contribution >= 0.6 is 0 Å². The van der Waals surface area contributed by atoms with Crippen molar-refractivity contribution in [2.24, 2.45) is 0 Å². The summed E-state index contributed by atoms with van der Waals surface area (Å²) < 4.78 is 0. The number of nitrogens with zero attached hydrogens (tertiary/aromatic N) is 2. The predicted octanol–water partition coefficient (Wildman–Crippen LogP) is 3.09. The van der Waals surface area contributed by atoms with E-state index < -0.39 is 0 Å². The maximum Gasteiger partial charge on any atom is 0.242 e. The van der Waals surface area contributed by atoms with Crippen LogP contribution in [0.25, 0.3) is 0 Å². The molecule has 0 aliphatic carbocycles. The number of carbonyl (C=O) groups excluding carboxylic acids is 1. The lowest BCUT2D eigenvalue weighted by Crippen LogP contribution is -2.42. The molecule has 1 heterocycles. The van der Waals surface area contributed by atoms with E-state index in [0.29, 0.717) is 6.54 Å².